The van der Waals surface area contributed by atoms with E-state index in [9.17, 15) is 4.79 Å². The Hall–Kier alpha value is -2.62. The van der Waals surface area contributed by atoms with Crippen molar-refractivity contribution in [2.24, 2.45) is 7.05 Å². The fraction of sp³-hybridized carbons (Fsp3) is 0.176. The Morgan fingerprint density at radius 2 is 2.14 bits per heavy atom. The number of hydrogen-bond acceptors (Lipinski definition) is 2. The van der Waals surface area contributed by atoms with Gasteiger partial charge in [0.05, 0.1) is 0 Å². The van der Waals surface area contributed by atoms with Crippen molar-refractivity contribution in [3.63, 3.8) is 0 Å². The van der Waals surface area contributed by atoms with Gasteiger partial charge in [0.1, 0.15) is 5.65 Å². The van der Waals surface area contributed by atoms with Crippen molar-refractivity contribution in [1.29, 1.82) is 0 Å². The van der Waals surface area contributed by atoms with E-state index in [4.69, 9.17) is 0 Å². The molecule has 4 heteroatoms. The van der Waals surface area contributed by atoms with Gasteiger partial charge in [-0.3, -0.25) is 4.79 Å². The summed E-state index contributed by atoms with van der Waals surface area (Å²) in [6, 6.07) is 11.7. The Bertz CT molecular complexity index is 805. The minimum Gasteiger partial charge on any atom is -0.352 e. The van der Waals surface area contributed by atoms with Gasteiger partial charge in [0, 0.05) is 36.9 Å². The Labute approximate surface area is 123 Å². The predicted molar refractivity (Wildman–Crippen MR) is 84.2 cm³/mol. The van der Waals surface area contributed by atoms with Gasteiger partial charge in [-0.2, -0.15) is 0 Å². The van der Waals surface area contributed by atoms with Crippen LogP contribution >= 0.6 is 0 Å². The number of benzene rings is 1. The summed E-state index contributed by atoms with van der Waals surface area (Å²) >= 11 is 0. The van der Waals surface area contributed by atoms with Crippen LogP contribution in [0.5, 0.6) is 0 Å². The zero-order valence-electron chi connectivity index (χ0n) is 12.1. The third-order valence-electron chi connectivity index (χ3n) is 3.54. The van der Waals surface area contributed by atoms with E-state index < -0.39 is 0 Å². The molecule has 2 aromatic heterocycles. The topological polar surface area (TPSA) is 46.9 Å². The van der Waals surface area contributed by atoms with Crippen molar-refractivity contribution >= 4 is 16.9 Å². The van der Waals surface area contributed by atoms with E-state index in [2.05, 4.69) is 16.4 Å². The van der Waals surface area contributed by atoms with Crippen LogP contribution < -0.4 is 5.32 Å². The first-order valence-corrected chi connectivity index (χ1v) is 6.99. The highest BCUT2D eigenvalue weighted by atomic mass is 16.1. The van der Waals surface area contributed by atoms with Gasteiger partial charge in [-0.1, -0.05) is 12.1 Å². The van der Waals surface area contributed by atoms with Gasteiger partial charge in [0.15, 0.2) is 0 Å². The molecule has 3 aromatic rings. The molecule has 3 rings (SSSR count). The lowest BCUT2D eigenvalue weighted by atomic mass is 10.0. The number of aromatic nitrogens is 2. The maximum Gasteiger partial charge on any atom is 0.251 e. The van der Waals surface area contributed by atoms with E-state index in [1.165, 1.54) is 0 Å². The maximum absolute atomic E-state index is 12.0. The standard InChI is InChI=1S/C17H17N3O/c1-3-18-17(21)13-6-4-5-12(11-13)14-7-9-19-16-15(14)8-10-20(16)2/h4-11H,3H2,1-2H3,(H,18,21). The highest BCUT2D eigenvalue weighted by Gasteiger charge is 2.10. The molecule has 4 nitrogen and oxygen atoms in total. The molecule has 0 saturated carbocycles. The molecular weight excluding hydrogens is 262 g/mol. The van der Waals surface area contributed by atoms with Crippen LogP contribution in [0.4, 0.5) is 0 Å². The van der Waals surface area contributed by atoms with Gasteiger partial charge >= 0.3 is 0 Å². The number of carbonyl (C=O) groups excluding carboxylic acids is 1. The van der Waals surface area contributed by atoms with E-state index in [-0.39, 0.29) is 5.91 Å². The molecule has 0 spiro atoms. The molecule has 1 N–H and O–H groups in total. The molecule has 0 aliphatic carbocycles. The summed E-state index contributed by atoms with van der Waals surface area (Å²) < 4.78 is 1.99. The Morgan fingerprint density at radius 3 is 2.95 bits per heavy atom. The van der Waals surface area contributed by atoms with Gasteiger partial charge in [0.2, 0.25) is 0 Å². The zero-order chi connectivity index (χ0) is 14.8. The van der Waals surface area contributed by atoms with Crippen molar-refractivity contribution in [2.45, 2.75) is 6.92 Å². The quantitative estimate of drug-likeness (QED) is 0.801. The van der Waals surface area contributed by atoms with Gasteiger partial charge in [-0.25, -0.2) is 4.98 Å². The second-order valence-corrected chi connectivity index (χ2v) is 4.96. The number of aryl methyl sites for hydroxylation is 1. The Morgan fingerprint density at radius 1 is 1.29 bits per heavy atom. The lowest BCUT2D eigenvalue weighted by molar-refractivity contribution is 0.0956. The fourth-order valence-electron chi connectivity index (χ4n) is 2.51. The summed E-state index contributed by atoms with van der Waals surface area (Å²) in [5.74, 6) is -0.0438. The number of nitrogens with one attached hydrogen (secondary N) is 1. The monoisotopic (exact) mass is 279 g/mol. The van der Waals surface area contributed by atoms with Crippen LogP contribution in [0.2, 0.25) is 0 Å². The van der Waals surface area contributed by atoms with Gasteiger partial charge in [0.25, 0.3) is 5.91 Å². The summed E-state index contributed by atoms with van der Waals surface area (Å²) in [7, 11) is 1.98. The minimum atomic E-state index is -0.0438. The third-order valence-corrected chi connectivity index (χ3v) is 3.54. The molecule has 2 heterocycles. The number of hydrogen-bond donors (Lipinski definition) is 1. The first-order chi connectivity index (χ1) is 10.2. The summed E-state index contributed by atoms with van der Waals surface area (Å²) in [6.07, 6.45) is 3.80. The van der Waals surface area contributed by atoms with Gasteiger partial charge in [-0.15, -0.1) is 0 Å². The van der Waals surface area contributed by atoms with Gasteiger partial charge in [-0.05, 0) is 42.3 Å². The summed E-state index contributed by atoms with van der Waals surface area (Å²) in [4.78, 5) is 16.4. The van der Waals surface area contributed by atoms with Crippen molar-refractivity contribution < 1.29 is 4.79 Å². The summed E-state index contributed by atoms with van der Waals surface area (Å²) in [6.45, 7) is 2.54. The molecule has 0 bridgehead atoms. The van der Waals surface area contributed by atoms with Crippen LogP contribution in [-0.2, 0) is 7.05 Å². The average Bonchev–Trinajstić information content (AvgIpc) is 2.89. The Kier molecular flexibility index (Phi) is 3.44. The zero-order valence-corrected chi connectivity index (χ0v) is 12.1. The summed E-state index contributed by atoms with van der Waals surface area (Å²) in [5, 5.41) is 3.92. The van der Waals surface area contributed by atoms with Crippen LogP contribution in [0.15, 0.2) is 48.8 Å². The molecule has 1 aromatic carbocycles. The lowest BCUT2D eigenvalue weighted by Gasteiger charge is -2.07. The molecule has 106 valence electrons. The smallest absolute Gasteiger partial charge is 0.251 e. The van der Waals surface area contributed by atoms with Crippen molar-refractivity contribution in [3.8, 4) is 11.1 Å². The average molecular weight is 279 g/mol. The van der Waals surface area contributed by atoms with Gasteiger partial charge < -0.3 is 9.88 Å². The number of pyridine rings is 1. The second-order valence-electron chi connectivity index (χ2n) is 4.96. The molecule has 0 radical (unpaired) electrons. The van der Waals surface area contributed by atoms with E-state index >= 15 is 0 Å². The van der Waals surface area contributed by atoms with Crippen LogP contribution in [0.3, 0.4) is 0 Å². The molecular formula is C17H17N3O. The molecule has 0 aliphatic rings. The largest absolute Gasteiger partial charge is 0.352 e. The molecule has 0 fully saturated rings. The van der Waals surface area contributed by atoms with Crippen LogP contribution in [-0.4, -0.2) is 22.0 Å². The molecule has 1 amide bonds. The molecule has 0 unspecified atom stereocenters. The van der Waals surface area contributed by atoms with E-state index in [0.29, 0.717) is 12.1 Å². The van der Waals surface area contributed by atoms with Crippen LogP contribution in [0.1, 0.15) is 17.3 Å². The van der Waals surface area contributed by atoms with E-state index in [0.717, 1.165) is 22.2 Å². The minimum absolute atomic E-state index is 0.0438. The maximum atomic E-state index is 12.0. The van der Waals surface area contributed by atoms with Crippen LogP contribution in [0, 0.1) is 0 Å². The molecule has 0 atom stereocenters. The highest BCUT2D eigenvalue weighted by Crippen LogP contribution is 2.28. The molecule has 0 saturated heterocycles. The van der Waals surface area contributed by atoms with Crippen molar-refractivity contribution in [3.05, 3.63) is 54.4 Å². The van der Waals surface area contributed by atoms with Crippen molar-refractivity contribution in [1.82, 2.24) is 14.9 Å². The number of fused-ring (bicyclic) bond motifs is 1. The molecule has 0 aliphatic heterocycles. The fourth-order valence-corrected chi connectivity index (χ4v) is 2.51. The lowest BCUT2D eigenvalue weighted by Crippen LogP contribution is -2.22. The predicted octanol–water partition coefficient (Wildman–Crippen LogP) is 2.99. The summed E-state index contributed by atoms with van der Waals surface area (Å²) in [5.41, 5.74) is 3.73. The SMILES string of the molecule is CCNC(=O)c1cccc(-c2ccnc3c2ccn3C)c1. The Balaban J connectivity index is 2.11. The number of rotatable bonds is 3. The number of carbonyl (C=O) groups is 1. The van der Waals surface area contributed by atoms with E-state index in [1.54, 1.807) is 6.20 Å². The third kappa shape index (κ3) is 2.40. The second kappa shape index (κ2) is 5.40. The molecule has 21 heavy (non-hydrogen) atoms. The van der Waals surface area contributed by atoms with Crippen LogP contribution in [0.25, 0.3) is 22.2 Å². The normalized spacial score (nSPS) is 10.8. The first kappa shape index (κ1) is 13.4. The number of amides is 1. The highest BCUT2D eigenvalue weighted by molar-refractivity contribution is 5.98. The first-order valence-electron chi connectivity index (χ1n) is 6.99. The van der Waals surface area contributed by atoms with E-state index in [1.807, 2.05) is 55.1 Å². The number of nitrogens with zero attached hydrogens (tertiary/aromatic N) is 2. The van der Waals surface area contributed by atoms with Crippen molar-refractivity contribution in [2.75, 3.05) is 6.54 Å².